The number of amides is 1. The predicted molar refractivity (Wildman–Crippen MR) is 78.1 cm³/mol. The highest BCUT2D eigenvalue weighted by Crippen LogP contribution is 2.31. The highest BCUT2D eigenvalue weighted by atomic mass is 16.6. The largest absolute Gasteiger partial charge is 0.493 e. The summed E-state index contributed by atoms with van der Waals surface area (Å²) in [7, 11) is 1.57. The maximum atomic E-state index is 11.7. The molecule has 1 unspecified atom stereocenters. The first-order chi connectivity index (χ1) is 9.87. The van der Waals surface area contributed by atoms with Crippen LogP contribution >= 0.6 is 0 Å². The molecule has 1 atom stereocenters. The molecule has 116 valence electrons. The van der Waals surface area contributed by atoms with Crippen LogP contribution in [0.4, 0.5) is 10.5 Å². The Labute approximate surface area is 124 Å². The number of anilines is 1. The van der Waals surface area contributed by atoms with Crippen LogP contribution in [0, 0.1) is 0 Å². The van der Waals surface area contributed by atoms with Crippen molar-refractivity contribution in [1.29, 1.82) is 0 Å². The fourth-order valence-electron chi connectivity index (χ4n) is 1.64. The van der Waals surface area contributed by atoms with Gasteiger partial charge >= 0.3 is 6.09 Å². The van der Waals surface area contributed by atoms with Crippen LogP contribution in [-0.2, 0) is 9.47 Å². The molecule has 1 heterocycles. The van der Waals surface area contributed by atoms with Crippen molar-refractivity contribution in [2.24, 2.45) is 0 Å². The van der Waals surface area contributed by atoms with Gasteiger partial charge < -0.3 is 18.9 Å². The lowest BCUT2D eigenvalue weighted by molar-refractivity contribution is 0.0636. The minimum Gasteiger partial charge on any atom is -0.493 e. The van der Waals surface area contributed by atoms with Gasteiger partial charge in [0, 0.05) is 11.8 Å². The molecule has 0 aliphatic carbocycles. The summed E-state index contributed by atoms with van der Waals surface area (Å²) >= 11 is 0. The lowest BCUT2D eigenvalue weighted by atomic mass is 10.2. The minimum atomic E-state index is -0.542. The molecular formula is C15H21NO5. The van der Waals surface area contributed by atoms with Crippen molar-refractivity contribution in [3.8, 4) is 11.5 Å². The van der Waals surface area contributed by atoms with E-state index in [2.05, 4.69) is 5.32 Å². The third-order valence-corrected chi connectivity index (χ3v) is 2.64. The number of benzene rings is 1. The summed E-state index contributed by atoms with van der Waals surface area (Å²) in [5.74, 6) is 1.16. The van der Waals surface area contributed by atoms with Gasteiger partial charge in [-0.1, -0.05) is 0 Å². The van der Waals surface area contributed by atoms with Crippen LogP contribution in [0.3, 0.4) is 0 Å². The molecule has 1 aromatic carbocycles. The Bertz CT molecular complexity index is 505. The molecule has 0 spiro atoms. The van der Waals surface area contributed by atoms with E-state index in [1.807, 2.05) is 20.8 Å². The Hall–Kier alpha value is -1.95. The van der Waals surface area contributed by atoms with E-state index in [1.165, 1.54) is 0 Å². The SMILES string of the molecule is COc1ccc(NC(=O)OC(C)(C)C)cc1OCC1CO1. The second-order valence-electron chi connectivity index (χ2n) is 5.76. The lowest BCUT2D eigenvalue weighted by Gasteiger charge is -2.20. The first-order valence-corrected chi connectivity index (χ1v) is 6.80. The van der Waals surface area contributed by atoms with E-state index in [0.29, 0.717) is 23.8 Å². The Balaban J connectivity index is 2.01. The highest BCUT2D eigenvalue weighted by Gasteiger charge is 2.24. The molecule has 1 N–H and O–H groups in total. The van der Waals surface area contributed by atoms with Crippen molar-refractivity contribution in [3.05, 3.63) is 18.2 Å². The summed E-state index contributed by atoms with van der Waals surface area (Å²) in [6.45, 7) is 6.62. The van der Waals surface area contributed by atoms with E-state index in [9.17, 15) is 4.79 Å². The molecule has 1 aliphatic heterocycles. The number of hydrogen-bond acceptors (Lipinski definition) is 5. The summed E-state index contributed by atoms with van der Waals surface area (Å²) < 4.78 is 21.2. The molecule has 6 nitrogen and oxygen atoms in total. The van der Waals surface area contributed by atoms with E-state index < -0.39 is 11.7 Å². The zero-order valence-corrected chi connectivity index (χ0v) is 12.8. The number of epoxide rings is 1. The van der Waals surface area contributed by atoms with Crippen molar-refractivity contribution in [2.75, 3.05) is 25.6 Å². The van der Waals surface area contributed by atoms with E-state index >= 15 is 0 Å². The molecule has 21 heavy (non-hydrogen) atoms. The Morgan fingerprint density at radius 2 is 2.10 bits per heavy atom. The molecule has 1 saturated heterocycles. The highest BCUT2D eigenvalue weighted by molar-refractivity contribution is 5.85. The van der Waals surface area contributed by atoms with E-state index in [-0.39, 0.29) is 6.10 Å². The van der Waals surface area contributed by atoms with Gasteiger partial charge in [0.15, 0.2) is 11.5 Å². The van der Waals surface area contributed by atoms with Gasteiger partial charge in [-0.05, 0) is 32.9 Å². The average molecular weight is 295 g/mol. The number of carbonyl (C=O) groups excluding carboxylic acids is 1. The van der Waals surface area contributed by atoms with Crippen molar-refractivity contribution >= 4 is 11.8 Å². The van der Waals surface area contributed by atoms with E-state index in [4.69, 9.17) is 18.9 Å². The van der Waals surface area contributed by atoms with Crippen LogP contribution in [-0.4, -0.2) is 38.1 Å². The summed E-state index contributed by atoms with van der Waals surface area (Å²) in [6.07, 6.45) is -0.360. The molecule has 0 radical (unpaired) electrons. The standard InChI is InChI=1S/C15H21NO5/c1-15(2,3)21-14(17)16-10-5-6-12(18-4)13(7-10)20-9-11-8-19-11/h5-7,11H,8-9H2,1-4H3,(H,16,17). The van der Waals surface area contributed by atoms with Crippen molar-refractivity contribution < 1.29 is 23.7 Å². The number of methoxy groups -OCH3 is 1. The first-order valence-electron chi connectivity index (χ1n) is 6.80. The third kappa shape index (κ3) is 5.15. The van der Waals surface area contributed by atoms with Gasteiger partial charge in [-0.15, -0.1) is 0 Å². The van der Waals surface area contributed by atoms with Crippen molar-refractivity contribution in [3.63, 3.8) is 0 Å². The van der Waals surface area contributed by atoms with Crippen molar-refractivity contribution in [2.45, 2.75) is 32.5 Å². The van der Waals surface area contributed by atoms with Crippen molar-refractivity contribution in [1.82, 2.24) is 0 Å². The second-order valence-corrected chi connectivity index (χ2v) is 5.76. The number of nitrogens with one attached hydrogen (secondary N) is 1. The quantitative estimate of drug-likeness (QED) is 0.846. The molecule has 0 saturated carbocycles. The minimum absolute atomic E-state index is 0.150. The summed E-state index contributed by atoms with van der Waals surface area (Å²) in [5, 5.41) is 2.67. The van der Waals surface area contributed by atoms with Gasteiger partial charge in [0.05, 0.1) is 13.7 Å². The molecule has 6 heteroatoms. The van der Waals surface area contributed by atoms with Gasteiger partial charge in [-0.2, -0.15) is 0 Å². The van der Waals surface area contributed by atoms with Crippen LogP contribution < -0.4 is 14.8 Å². The molecule has 0 aromatic heterocycles. The smallest absolute Gasteiger partial charge is 0.412 e. The second kappa shape index (κ2) is 6.22. The molecule has 1 aromatic rings. The number of carbonyl (C=O) groups is 1. The lowest BCUT2D eigenvalue weighted by Crippen LogP contribution is -2.27. The molecule has 1 aliphatic rings. The fourth-order valence-corrected chi connectivity index (χ4v) is 1.64. The molecule has 1 amide bonds. The Morgan fingerprint density at radius 3 is 2.67 bits per heavy atom. The van der Waals surface area contributed by atoms with E-state index in [1.54, 1.807) is 25.3 Å². The topological polar surface area (TPSA) is 69.3 Å². The normalized spacial score (nSPS) is 17.0. The average Bonchev–Trinajstić information content (AvgIpc) is 3.18. The van der Waals surface area contributed by atoms with Gasteiger partial charge in [0.25, 0.3) is 0 Å². The third-order valence-electron chi connectivity index (χ3n) is 2.64. The zero-order valence-electron chi connectivity index (χ0n) is 12.8. The molecule has 1 fully saturated rings. The monoisotopic (exact) mass is 295 g/mol. The fraction of sp³-hybridized carbons (Fsp3) is 0.533. The van der Waals surface area contributed by atoms with Crippen LogP contribution in [0.1, 0.15) is 20.8 Å². The number of ether oxygens (including phenoxy) is 4. The number of hydrogen-bond donors (Lipinski definition) is 1. The van der Waals surface area contributed by atoms with Gasteiger partial charge in [0.1, 0.15) is 18.3 Å². The molecule has 2 rings (SSSR count). The Morgan fingerprint density at radius 1 is 1.38 bits per heavy atom. The summed E-state index contributed by atoms with van der Waals surface area (Å²) in [4.78, 5) is 11.7. The predicted octanol–water partition coefficient (Wildman–Crippen LogP) is 2.82. The van der Waals surface area contributed by atoms with Crippen LogP contribution in [0.15, 0.2) is 18.2 Å². The van der Waals surface area contributed by atoms with Gasteiger partial charge in [0.2, 0.25) is 0 Å². The Kier molecular flexibility index (Phi) is 4.57. The maximum Gasteiger partial charge on any atom is 0.412 e. The van der Waals surface area contributed by atoms with Crippen LogP contribution in [0.5, 0.6) is 11.5 Å². The van der Waals surface area contributed by atoms with Gasteiger partial charge in [-0.3, -0.25) is 5.32 Å². The maximum absolute atomic E-state index is 11.7. The zero-order chi connectivity index (χ0) is 15.5. The summed E-state index contributed by atoms with van der Waals surface area (Å²) in [6, 6.07) is 5.16. The molecule has 0 bridgehead atoms. The molecular weight excluding hydrogens is 274 g/mol. The number of rotatable bonds is 5. The summed E-state index contributed by atoms with van der Waals surface area (Å²) in [5.41, 5.74) is 0.0379. The first kappa shape index (κ1) is 15.4. The van der Waals surface area contributed by atoms with Gasteiger partial charge in [-0.25, -0.2) is 4.79 Å². The van der Waals surface area contributed by atoms with E-state index in [0.717, 1.165) is 6.61 Å². The van der Waals surface area contributed by atoms with Crippen LogP contribution in [0.25, 0.3) is 0 Å². The van der Waals surface area contributed by atoms with Crippen LogP contribution in [0.2, 0.25) is 0 Å².